The summed E-state index contributed by atoms with van der Waals surface area (Å²) in [6.07, 6.45) is 0.186. The molecule has 3 N–H and O–H groups in total. The van der Waals surface area contributed by atoms with E-state index in [0.717, 1.165) is 16.0 Å². The molecule has 5 nitrogen and oxygen atoms in total. The summed E-state index contributed by atoms with van der Waals surface area (Å²) in [4.78, 5) is 26.3. The van der Waals surface area contributed by atoms with Crippen molar-refractivity contribution in [1.82, 2.24) is 10.2 Å². The molecule has 2 rings (SSSR count). The summed E-state index contributed by atoms with van der Waals surface area (Å²) in [5, 5.41) is 4.55. The first-order chi connectivity index (χ1) is 11.0. The number of carbonyl (C=O) groups excluding carboxylic acids is 2. The van der Waals surface area contributed by atoms with E-state index in [1.165, 1.54) is 11.3 Å². The minimum absolute atomic E-state index is 0.0413. The number of nitrogens with one attached hydrogen (secondary N) is 1. The van der Waals surface area contributed by atoms with Gasteiger partial charge >= 0.3 is 6.03 Å². The Balaban J connectivity index is 2.03. The molecule has 1 heterocycles. The van der Waals surface area contributed by atoms with Gasteiger partial charge in [-0.1, -0.05) is 30.3 Å². The first kappa shape index (κ1) is 17.0. The highest BCUT2D eigenvalue weighted by Gasteiger charge is 2.21. The Kier molecular flexibility index (Phi) is 5.76. The molecule has 0 bridgehead atoms. The van der Waals surface area contributed by atoms with Crippen LogP contribution in [0.2, 0.25) is 0 Å². The van der Waals surface area contributed by atoms with Crippen molar-refractivity contribution < 1.29 is 9.59 Å². The number of thiophene rings is 1. The molecule has 0 aliphatic heterocycles. The molecule has 0 aliphatic rings. The molecular weight excluding hydrogens is 310 g/mol. The Labute approximate surface area is 140 Å². The lowest BCUT2D eigenvalue weighted by atomic mass is 10.1. The van der Waals surface area contributed by atoms with Crippen LogP contribution >= 0.6 is 11.3 Å². The van der Waals surface area contributed by atoms with Gasteiger partial charge in [0.2, 0.25) is 5.91 Å². The van der Waals surface area contributed by atoms with Crippen molar-refractivity contribution >= 4 is 23.3 Å². The van der Waals surface area contributed by atoms with Crippen LogP contribution in [0, 0.1) is 6.92 Å². The fourth-order valence-electron chi connectivity index (χ4n) is 2.35. The van der Waals surface area contributed by atoms with Gasteiger partial charge in [0.15, 0.2) is 0 Å². The van der Waals surface area contributed by atoms with Gasteiger partial charge in [0.1, 0.15) is 0 Å². The highest BCUT2D eigenvalue weighted by atomic mass is 32.1. The summed E-state index contributed by atoms with van der Waals surface area (Å²) in [6.45, 7) is 2.57. The molecule has 1 unspecified atom stereocenters. The molecule has 1 aromatic heterocycles. The van der Waals surface area contributed by atoms with Gasteiger partial charge in [0.05, 0.1) is 12.5 Å². The van der Waals surface area contributed by atoms with E-state index in [9.17, 15) is 9.59 Å². The second-order valence-electron chi connectivity index (χ2n) is 5.46. The van der Waals surface area contributed by atoms with Crippen molar-refractivity contribution in [2.75, 3.05) is 7.05 Å². The minimum atomic E-state index is -0.627. The number of rotatable bonds is 6. The molecule has 0 saturated heterocycles. The molecule has 1 atom stereocenters. The lowest BCUT2D eigenvalue weighted by Gasteiger charge is -2.22. The topological polar surface area (TPSA) is 75.4 Å². The fourth-order valence-corrected chi connectivity index (χ4v) is 3.12. The van der Waals surface area contributed by atoms with Crippen LogP contribution in [0.25, 0.3) is 0 Å². The van der Waals surface area contributed by atoms with Crippen molar-refractivity contribution in [3.8, 4) is 0 Å². The van der Waals surface area contributed by atoms with Gasteiger partial charge in [-0.15, -0.1) is 11.3 Å². The number of hydrogen-bond acceptors (Lipinski definition) is 3. The molecule has 0 fully saturated rings. The maximum absolute atomic E-state index is 12.5. The van der Waals surface area contributed by atoms with Crippen LogP contribution in [-0.4, -0.2) is 23.9 Å². The summed E-state index contributed by atoms with van der Waals surface area (Å²) in [5.74, 6) is -0.0413. The van der Waals surface area contributed by atoms with E-state index in [2.05, 4.69) is 5.32 Å². The first-order valence-corrected chi connectivity index (χ1v) is 8.23. The van der Waals surface area contributed by atoms with Crippen LogP contribution in [0.1, 0.15) is 28.5 Å². The zero-order valence-electron chi connectivity index (χ0n) is 13.3. The van der Waals surface area contributed by atoms with Gasteiger partial charge in [-0.25, -0.2) is 4.79 Å². The standard InChI is InChI=1S/C17H21N3O2S/c1-12-6-3-4-7-13(12)11-20(2)16(21)10-14(19-17(18)22)15-8-5-9-23-15/h3-9,14H,10-11H2,1-2H3,(H3,18,19,22). The number of aryl methyl sites for hydroxylation is 1. The second kappa shape index (κ2) is 7.78. The number of nitrogens with two attached hydrogens (primary N) is 1. The van der Waals surface area contributed by atoms with Crippen molar-refractivity contribution in [1.29, 1.82) is 0 Å². The van der Waals surface area contributed by atoms with Gasteiger partial charge in [-0.2, -0.15) is 0 Å². The van der Waals surface area contributed by atoms with Crippen molar-refractivity contribution in [2.24, 2.45) is 5.73 Å². The minimum Gasteiger partial charge on any atom is -0.352 e. The highest BCUT2D eigenvalue weighted by molar-refractivity contribution is 7.10. The number of nitrogens with zero attached hydrogens (tertiary/aromatic N) is 1. The molecular formula is C17H21N3O2S. The third kappa shape index (κ3) is 4.82. The van der Waals surface area contributed by atoms with Crippen LogP contribution in [0.5, 0.6) is 0 Å². The molecule has 0 radical (unpaired) electrons. The molecule has 122 valence electrons. The molecule has 0 spiro atoms. The quantitative estimate of drug-likeness (QED) is 0.854. The molecule has 0 aliphatic carbocycles. The van der Waals surface area contributed by atoms with Crippen LogP contribution < -0.4 is 11.1 Å². The Morgan fingerprint density at radius 3 is 2.61 bits per heavy atom. The largest absolute Gasteiger partial charge is 0.352 e. The fraction of sp³-hybridized carbons (Fsp3) is 0.294. The molecule has 6 heteroatoms. The van der Waals surface area contributed by atoms with Gasteiger partial charge in [0.25, 0.3) is 0 Å². The lowest BCUT2D eigenvalue weighted by molar-refractivity contribution is -0.130. The Morgan fingerprint density at radius 2 is 2.00 bits per heavy atom. The highest BCUT2D eigenvalue weighted by Crippen LogP contribution is 2.23. The smallest absolute Gasteiger partial charge is 0.312 e. The third-order valence-corrected chi connectivity index (χ3v) is 4.66. The van der Waals surface area contributed by atoms with E-state index in [1.54, 1.807) is 11.9 Å². The van der Waals surface area contributed by atoms with Crippen LogP contribution in [0.4, 0.5) is 4.79 Å². The summed E-state index contributed by atoms with van der Waals surface area (Å²) in [5.41, 5.74) is 7.48. The zero-order chi connectivity index (χ0) is 16.8. The van der Waals surface area contributed by atoms with Gasteiger partial charge in [-0.3, -0.25) is 4.79 Å². The second-order valence-corrected chi connectivity index (χ2v) is 6.44. The average Bonchev–Trinajstić information content (AvgIpc) is 3.02. The van der Waals surface area contributed by atoms with Crippen LogP contribution in [-0.2, 0) is 11.3 Å². The van der Waals surface area contributed by atoms with Crippen molar-refractivity contribution in [3.05, 3.63) is 57.8 Å². The molecule has 23 heavy (non-hydrogen) atoms. The summed E-state index contributed by atoms with van der Waals surface area (Å²) >= 11 is 1.49. The number of urea groups is 1. The van der Waals surface area contributed by atoms with E-state index in [0.29, 0.717) is 6.54 Å². The number of primary amides is 1. The SMILES string of the molecule is Cc1ccccc1CN(C)C(=O)CC(NC(N)=O)c1cccs1. The molecule has 1 aromatic carbocycles. The lowest BCUT2D eigenvalue weighted by Crippen LogP contribution is -2.36. The maximum Gasteiger partial charge on any atom is 0.312 e. The van der Waals surface area contributed by atoms with Gasteiger partial charge in [-0.05, 0) is 29.5 Å². The Hall–Kier alpha value is -2.34. The Bertz CT molecular complexity index is 670. The van der Waals surface area contributed by atoms with E-state index >= 15 is 0 Å². The molecule has 3 amide bonds. The first-order valence-electron chi connectivity index (χ1n) is 7.35. The Morgan fingerprint density at radius 1 is 1.26 bits per heavy atom. The summed E-state index contributed by atoms with van der Waals surface area (Å²) in [7, 11) is 1.77. The van der Waals surface area contributed by atoms with E-state index < -0.39 is 6.03 Å². The van der Waals surface area contributed by atoms with E-state index in [4.69, 9.17) is 5.73 Å². The van der Waals surface area contributed by atoms with E-state index in [-0.39, 0.29) is 18.4 Å². The van der Waals surface area contributed by atoms with Gasteiger partial charge < -0.3 is 16.0 Å². The normalized spacial score (nSPS) is 11.7. The number of amides is 3. The number of hydrogen-bond donors (Lipinski definition) is 2. The third-order valence-electron chi connectivity index (χ3n) is 3.68. The summed E-state index contributed by atoms with van der Waals surface area (Å²) in [6, 6.07) is 10.7. The van der Waals surface area contributed by atoms with Crippen molar-refractivity contribution in [3.63, 3.8) is 0 Å². The number of carbonyl (C=O) groups is 2. The van der Waals surface area contributed by atoms with Crippen molar-refractivity contribution in [2.45, 2.75) is 25.9 Å². The van der Waals surface area contributed by atoms with Gasteiger partial charge in [0, 0.05) is 18.5 Å². The molecule has 2 aromatic rings. The predicted octanol–water partition coefficient (Wildman–Crippen LogP) is 2.81. The summed E-state index contributed by atoms with van der Waals surface area (Å²) < 4.78 is 0. The van der Waals surface area contributed by atoms with Crippen LogP contribution in [0.3, 0.4) is 0 Å². The molecule has 0 saturated carbocycles. The number of benzene rings is 1. The predicted molar refractivity (Wildman–Crippen MR) is 92.0 cm³/mol. The van der Waals surface area contributed by atoms with Crippen LogP contribution in [0.15, 0.2) is 41.8 Å². The zero-order valence-corrected chi connectivity index (χ0v) is 14.1. The van der Waals surface area contributed by atoms with E-state index in [1.807, 2.05) is 48.7 Å². The maximum atomic E-state index is 12.5. The average molecular weight is 331 g/mol. The monoisotopic (exact) mass is 331 g/mol.